The maximum absolute atomic E-state index is 5.72. The van der Waals surface area contributed by atoms with Gasteiger partial charge in [-0.3, -0.25) is 0 Å². The van der Waals surface area contributed by atoms with Crippen LogP contribution in [0.3, 0.4) is 0 Å². The van der Waals surface area contributed by atoms with Gasteiger partial charge in [0, 0.05) is 0 Å². The zero-order valence-corrected chi connectivity index (χ0v) is 8.91. The van der Waals surface area contributed by atoms with Crippen molar-refractivity contribution in [1.29, 1.82) is 0 Å². The summed E-state index contributed by atoms with van der Waals surface area (Å²) in [6.07, 6.45) is 9.25. The van der Waals surface area contributed by atoms with Gasteiger partial charge in [0.05, 0.1) is 0 Å². The summed E-state index contributed by atoms with van der Waals surface area (Å²) in [5.41, 5.74) is 5.72. The van der Waals surface area contributed by atoms with Gasteiger partial charge in [-0.2, -0.15) is 11.8 Å². The van der Waals surface area contributed by atoms with E-state index in [0.717, 1.165) is 18.4 Å². The molecule has 1 aliphatic carbocycles. The van der Waals surface area contributed by atoms with Gasteiger partial charge in [0.1, 0.15) is 0 Å². The van der Waals surface area contributed by atoms with Crippen molar-refractivity contribution in [3.63, 3.8) is 0 Å². The van der Waals surface area contributed by atoms with Crippen molar-refractivity contribution < 1.29 is 0 Å². The van der Waals surface area contributed by atoms with Gasteiger partial charge >= 0.3 is 0 Å². The minimum absolute atomic E-state index is 0.854. The predicted molar refractivity (Wildman–Crippen MR) is 57.5 cm³/mol. The van der Waals surface area contributed by atoms with Crippen LogP contribution >= 0.6 is 11.8 Å². The summed E-state index contributed by atoms with van der Waals surface area (Å²) in [6.45, 7) is 0.921. The topological polar surface area (TPSA) is 26.0 Å². The van der Waals surface area contributed by atoms with Crippen LogP contribution in [0.5, 0.6) is 0 Å². The zero-order valence-electron chi connectivity index (χ0n) is 8.09. The van der Waals surface area contributed by atoms with Crippen LogP contribution in [0, 0.1) is 11.8 Å². The average Bonchev–Trinajstić information content (AvgIpc) is 2.52. The lowest BCUT2D eigenvalue weighted by Gasteiger charge is -2.16. The molecular weight excluding hydrogens is 166 g/mol. The second kappa shape index (κ2) is 5.87. The Morgan fingerprint density at radius 1 is 1.33 bits per heavy atom. The fourth-order valence-electron chi connectivity index (χ4n) is 2.29. The van der Waals surface area contributed by atoms with E-state index in [4.69, 9.17) is 5.73 Å². The fraction of sp³-hybridized carbons (Fsp3) is 1.00. The molecule has 0 aromatic carbocycles. The number of thioether (sulfide) groups is 1. The van der Waals surface area contributed by atoms with E-state index in [-0.39, 0.29) is 0 Å². The monoisotopic (exact) mass is 187 g/mol. The molecule has 72 valence electrons. The second-order valence-corrected chi connectivity index (χ2v) is 4.81. The molecule has 1 saturated carbocycles. The summed E-state index contributed by atoms with van der Waals surface area (Å²) in [7, 11) is 0. The highest BCUT2D eigenvalue weighted by Gasteiger charge is 2.24. The van der Waals surface area contributed by atoms with E-state index in [1.165, 1.54) is 37.9 Å². The van der Waals surface area contributed by atoms with Gasteiger partial charge in [-0.15, -0.1) is 0 Å². The number of hydrogen-bond donors (Lipinski definition) is 1. The van der Waals surface area contributed by atoms with Crippen LogP contribution in [-0.4, -0.2) is 18.6 Å². The van der Waals surface area contributed by atoms with Crippen molar-refractivity contribution in [3.8, 4) is 0 Å². The van der Waals surface area contributed by atoms with Gasteiger partial charge in [-0.1, -0.05) is 12.8 Å². The standard InChI is InChI=1S/C10H21NS/c1-12-7-3-6-9-4-2-5-10(9)8-11/h9-10H,2-8,11H2,1H3. The van der Waals surface area contributed by atoms with Crippen LogP contribution in [0.15, 0.2) is 0 Å². The molecule has 0 radical (unpaired) electrons. The van der Waals surface area contributed by atoms with Crippen molar-refractivity contribution in [3.05, 3.63) is 0 Å². The molecule has 12 heavy (non-hydrogen) atoms. The summed E-state index contributed by atoms with van der Waals surface area (Å²) in [6, 6.07) is 0. The van der Waals surface area contributed by atoms with Crippen LogP contribution in [0.1, 0.15) is 32.1 Å². The quantitative estimate of drug-likeness (QED) is 0.669. The van der Waals surface area contributed by atoms with Crippen molar-refractivity contribution in [1.82, 2.24) is 0 Å². The third-order valence-electron chi connectivity index (χ3n) is 3.04. The van der Waals surface area contributed by atoms with Gasteiger partial charge in [0.25, 0.3) is 0 Å². The largest absolute Gasteiger partial charge is 0.330 e. The number of rotatable bonds is 5. The van der Waals surface area contributed by atoms with Crippen LogP contribution in [0.25, 0.3) is 0 Å². The summed E-state index contributed by atoms with van der Waals surface area (Å²) in [4.78, 5) is 0. The molecule has 2 N–H and O–H groups in total. The van der Waals surface area contributed by atoms with Crippen LogP contribution in [-0.2, 0) is 0 Å². The summed E-state index contributed by atoms with van der Waals surface area (Å²) in [5.74, 6) is 3.14. The van der Waals surface area contributed by atoms with Crippen molar-refractivity contribution in [2.75, 3.05) is 18.6 Å². The molecule has 2 heteroatoms. The zero-order chi connectivity index (χ0) is 8.81. The molecule has 1 nitrogen and oxygen atoms in total. The molecule has 2 unspecified atom stereocenters. The molecule has 0 aliphatic heterocycles. The van der Waals surface area contributed by atoms with Gasteiger partial charge in [0.2, 0.25) is 0 Å². The molecule has 0 aromatic heterocycles. The fourth-order valence-corrected chi connectivity index (χ4v) is 2.75. The predicted octanol–water partition coefficient (Wildman–Crippen LogP) is 2.50. The van der Waals surface area contributed by atoms with Crippen LogP contribution in [0.4, 0.5) is 0 Å². The van der Waals surface area contributed by atoms with E-state index in [1.54, 1.807) is 0 Å². The third kappa shape index (κ3) is 2.98. The van der Waals surface area contributed by atoms with E-state index in [9.17, 15) is 0 Å². The highest BCUT2D eigenvalue weighted by atomic mass is 32.2. The van der Waals surface area contributed by atoms with Gasteiger partial charge < -0.3 is 5.73 Å². The summed E-state index contributed by atoms with van der Waals surface area (Å²) in [5, 5.41) is 0. The Balaban J connectivity index is 2.12. The maximum atomic E-state index is 5.72. The Labute approximate surface area is 80.5 Å². The molecule has 0 spiro atoms. The second-order valence-electron chi connectivity index (χ2n) is 3.82. The molecule has 2 atom stereocenters. The first-order chi connectivity index (χ1) is 5.88. The van der Waals surface area contributed by atoms with E-state index >= 15 is 0 Å². The minimum Gasteiger partial charge on any atom is -0.330 e. The lowest BCUT2D eigenvalue weighted by atomic mass is 9.92. The van der Waals surface area contributed by atoms with Crippen molar-refractivity contribution in [2.24, 2.45) is 17.6 Å². The molecule has 1 rings (SSSR count). The normalized spacial score (nSPS) is 29.5. The highest BCUT2D eigenvalue weighted by Crippen LogP contribution is 2.34. The first-order valence-corrected chi connectivity index (χ1v) is 6.47. The summed E-state index contributed by atoms with van der Waals surface area (Å²) >= 11 is 1.96. The van der Waals surface area contributed by atoms with Crippen LogP contribution < -0.4 is 5.73 Å². The van der Waals surface area contributed by atoms with E-state index in [1.807, 2.05) is 11.8 Å². The third-order valence-corrected chi connectivity index (χ3v) is 3.74. The Bertz CT molecular complexity index is 116. The molecule has 1 aliphatic rings. The van der Waals surface area contributed by atoms with E-state index in [0.29, 0.717) is 0 Å². The summed E-state index contributed by atoms with van der Waals surface area (Å²) < 4.78 is 0. The molecule has 0 saturated heterocycles. The molecular formula is C10H21NS. The average molecular weight is 187 g/mol. The smallest absolute Gasteiger partial charge is 0.00462 e. The molecule has 0 aromatic rings. The Morgan fingerprint density at radius 2 is 2.08 bits per heavy atom. The van der Waals surface area contributed by atoms with Gasteiger partial charge in [-0.05, 0) is 49.7 Å². The Kier molecular flexibility index (Phi) is 5.08. The van der Waals surface area contributed by atoms with Crippen molar-refractivity contribution in [2.45, 2.75) is 32.1 Å². The molecule has 0 heterocycles. The van der Waals surface area contributed by atoms with Crippen LogP contribution in [0.2, 0.25) is 0 Å². The number of nitrogens with two attached hydrogens (primary N) is 1. The highest BCUT2D eigenvalue weighted by molar-refractivity contribution is 7.98. The molecule has 0 bridgehead atoms. The first kappa shape index (κ1) is 10.4. The SMILES string of the molecule is CSCCCC1CCCC1CN. The lowest BCUT2D eigenvalue weighted by Crippen LogP contribution is -2.18. The van der Waals surface area contributed by atoms with E-state index < -0.39 is 0 Å². The molecule has 0 amide bonds. The minimum atomic E-state index is 0.854. The van der Waals surface area contributed by atoms with Crippen molar-refractivity contribution >= 4 is 11.8 Å². The lowest BCUT2D eigenvalue weighted by molar-refractivity contribution is 0.370. The Hall–Kier alpha value is 0.310. The first-order valence-electron chi connectivity index (χ1n) is 5.07. The Morgan fingerprint density at radius 3 is 2.75 bits per heavy atom. The van der Waals surface area contributed by atoms with Gasteiger partial charge in [0.15, 0.2) is 0 Å². The number of hydrogen-bond acceptors (Lipinski definition) is 2. The van der Waals surface area contributed by atoms with E-state index in [2.05, 4.69) is 6.26 Å². The molecule has 1 fully saturated rings. The van der Waals surface area contributed by atoms with Gasteiger partial charge in [-0.25, -0.2) is 0 Å². The maximum Gasteiger partial charge on any atom is -0.00462 e.